The lowest BCUT2D eigenvalue weighted by atomic mass is 10.2. The van der Waals surface area contributed by atoms with Gasteiger partial charge in [0, 0.05) is 18.3 Å². The summed E-state index contributed by atoms with van der Waals surface area (Å²) in [7, 11) is 0. The van der Waals surface area contributed by atoms with E-state index < -0.39 is 0 Å². The molecule has 1 aliphatic carbocycles. The second-order valence-electron chi connectivity index (χ2n) is 5.00. The number of benzene rings is 1. The van der Waals surface area contributed by atoms with Crippen molar-refractivity contribution in [1.29, 1.82) is 0 Å². The molecule has 104 valence electrons. The minimum absolute atomic E-state index is 0.391. The average Bonchev–Trinajstić information content (AvgIpc) is 3.26. The molecule has 0 bridgehead atoms. The Bertz CT molecular complexity index is 780. The highest BCUT2D eigenvalue weighted by atomic mass is 35.5. The topological polar surface area (TPSA) is 64.7 Å². The van der Waals surface area contributed by atoms with Gasteiger partial charge in [0.1, 0.15) is 5.82 Å². The monoisotopic (exact) mass is 298 g/mol. The van der Waals surface area contributed by atoms with E-state index in [0.29, 0.717) is 33.8 Å². The van der Waals surface area contributed by atoms with Crippen LogP contribution in [0.25, 0.3) is 22.9 Å². The van der Waals surface area contributed by atoms with Crippen LogP contribution in [0.5, 0.6) is 0 Å². The predicted molar refractivity (Wildman–Crippen MR) is 77.7 cm³/mol. The summed E-state index contributed by atoms with van der Waals surface area (Å²) in [5.74, 6) is 2.21. The Kier molecular flexibility index (Phi) is 2.93. The molecule has 0 atom stereocenters. The highest BCUT2D eigenvalue weighted by molar-refractivity contribution is 6.33. The third-order valence-corrected chi connectivity index (χ3v) is 3.72. The van der Waals surface area contributed by atoms with Gasteiger partial charge in [0.25, 0.3) is 5.89 Å². The van der Waals surface area contributed by atoms with Crippen molar-refractivity contribution in [3.63, 3.8) is 0 Å². The Labute approximate surface area is 126 Å². The Morgan fingerprint density at radius 2 is 1.71 bits per heavy atom. The summed E-state index contributed by atoms with van der Waals surface area (Å²) < 4.78 is 5.67. The zero-order valence-corrected chi connectivity index (χ0v) is 11.8. The van der Waals surface area contributed by atoms with Gasteiger partial charge >= 0.3 is 0 Å². The van der Waals surface area contributed by atoms with Crippen molar-refractivity contribution in [3.8, 4) is 22.9 Å². The summed E-state index contributed by atoms with van der Waals surface area (Å²) in [6, 6.07) is 7.35. The standard InChI is InChI=1S/C15H11ClN4O/c16-12-4-2-1-3-11(12)15-20-19-14(21-15)10-7-17-13(18-8-10)9-5-6-9/h1-4,7-9H,5-6H2. The molecule has 2 heterocycles. The number of aromatic nitrogens is 4. The molecule has 21 heavy (non-hydrogen) atoms. The number of nitrogens with zero attached hydrogens (tertiary/aromatic N) is 4. The van der Waals surface area contributed by atoms with Crippen LogP contribution in [0.1, 0.15) is 24.6 Å². The van der Waals surface area contributed by atoms with Crippen LogP contribution in [0.2, 0.25) is 5.02 Å². The molecule has 2 aromatic heterocycles. The second-order valence-corrected chi connectivity index (χ2v) is 5.40. The van der Waals surface area contributed by atoms with Crippen LogP contribution >= 0.6 is 11.6 Å². The Hall–Kier alpha value is -2.27. The first-order valence-electron chi connectivity index (χ1n) is 6.72. The van der Waals surface area contributed by atoms with Gasteiger partial charge in [-0.15, -0.1) is 10.2 Å². The van der Waals surface area contributed by atoms with Crippen molar-refractivity contribution in [3.05, 3.63) is 47.5 Å². The minimum Gasteiger partial charge on any atom is -0.416 e. The van der Waals surface area contributed by atoms with Gasteiger partial charge in [0.05, 0.1) is 16.1 Å². The van der Waals surface area contributed by atoms with Crippen LogP contribution in [-0.4, -0.2) is 20.2 Å². The van der Waals surface area contributed by atoms with Gasteiger partial charge in [0.15, 0.2) is 0 Å². The molecule has 1 fully saturated rings. The van der Waals surface area contributed by atoms with E-state index in [0.717, 1.165) is 5.82 Å². The SMILES string of the molecule is Clc1ccccc1-c1nnc(-c2cnc(C3CC3)nc2)o1. The zero-order valence-electron chi connectivity index (χ0n) is 11.0. The minimum atomic E-state index is 0.391. The first kappa shape index (κ1) is 12.5. The first-order valence-corrected chi connectivity index (χ1v) is 7.10. The number of hydrogen-bond acceptors (Lipinski definition) is 5. The average molecular weight is 299 g/mol. The number of hydrogen-bond donors (Lipinski definition) is 0. The first-order chi connectivity index (χ1) is 10.3. The number of halogens is 1. The van der Waals surface area contributed by atoms with Gasteiger partial charge in [0.2, 0.25) is 5.89 Å². The number of rotatable bonds is 3. The van der Waals surface area contributed by atoms with Gasteiger partial charge in [-0.1, -0.05) is 23.7 Å². The Morgan fingerprint density at radius 3 is 2.43 bits per heavy atom. The third kappa shape index (κ3) is 2.40. The fourth-order valence-corrected chi connectivity index (χ4v) is 2.30. The lowest BCUT2D eigenvalue weighted by molar-refractivity contribution is 0.583. The van der Waals surface area contributed by atoms with Gasteiger partial charge in [-0.25, -0.2) is 9.97 Å². The van der Waals surface area contributed by atoms with Gasteiger partial charge in [-0.3, -0.25) is 0 Å². The fraction of sp³-hybridized carbons (Fsp3) is 0.200. The summed E-state index contributed by atoms with van der Waals surface area (Å²) in [5.41, 5.74) is 1.43. The molecule has 1 aromatic carbocycles. The largest absolute Gasteiger partial charge is 0.416 e. The van der Waals surface area contributed by atoms with Crippen LogP contribution in [0.15, 0.2) is 41.1 Å². The van der Waals surface area contributed by atoms with Crippen LogP contribution < -0.4 is 0 Å². The van der Waals surface area contributed by atoms with Gasteiger partial charge in [-0.2, -0.15) is 0 Å². The van der Waals surface area contributed by atoms with E-state index in [1.54, 1.807) is 18.5 Å². The summed E-state index contributed by atoms with van der Waals surface area (Å²) in [6.07, 6.45) is 5.81. The lowest BCUT2D eigenvalue weighted by Gasteiger charge is -1.98. The van der Waals surface area contributed by atoms with E-state index in [9.17, 15) is 0 Å². The van der Waals surface area contributed by atoms with Crippen molar-refractivity contribution in [1.82, 2.24) is 20.2 Å². The molecule has 0 aliphatic heterocycles. The molecule has 4 rings (SSSR count). The molecule has 5 nitrogen and oxygen atoms in total. The molecule has 6 heteroatoms. The zero-order chi connectivity index (χ0) is 14.2. The molecule has 0 saturated heterocycles. The quantitative estimate of drug-likeness (QED) is 0.737. The second kappa shape index (κ2) is 4.93. The maximum Gasteiger partial charge on any atom is 0.251 e. The maximum atomic E-state index is 6.12. The predicted octanol–water partition coefficient (Wildman–Crippen LogP) is 3.72. The van der Waals surface area contributed by atoms with E-state index in [-0.39, 0.29) is 0 Å². The Morgan fingerprint density at radius 1 is 1.00 bits per heavy atom. The van der Waals surface area contributed by atoms with E-state index in [4.69, 9.17) is 16.0 Å². The van der Waals surface area contributed by atoms with E-state index in [1.807, 2.05) is 18.2 Å². The van der Waals surface area contributed by atoms with Crippen LogP contribution in [0.4, 0.5) is 0 Å². The fourth-order valence-electron chi connectivity index (χ4n) is 2.08. The molecular weight excluding hydrogens is 288 g/mol. The summed E-state index contributed by atoms with van der Waals surface area (Å²) in [4.78, 5) is 8.70. The summed E-state index contributed by atoms with van der Waals surface area (Å²) in [5, 5.41) is 8.65. The highest BCUT2D eigenvalue weighted by Crippen LogP contribution is 2.38. The lowest BCUT2D eigenvalue weighted by Crippen LogP contribution is -1.91. The van der Waals surface area contributed by atoms with E-state index in [2.05, 4.69) is 20.2 Å². The molecule has 0 spiro atoms. The highest BCUT2D eigenvalue weighted by Gasteiger charge is 2.26. The van der Waals surface area contributed by atoms with Crippen molar-refractivity contribution in [2.75, 3.05) is 0 Å². The van der Waals surface area contributed by atoms with Crippen LogP contribution in [-0.2, 0) is 0 Å². The molecule has 0 radical (unpaired) electrons. The van der Waals surface area contributed by atoms with Crippen molar-refractivity contribution in [2.24, 2.45) is 0 Å². The smallest absolute Gasteiger partial charge is 0.251 e. The molecule has 0 amide bonds. The maximum absolute atomic E-state index is 6.12. The summed E-state index contributed by atoms with van der Waals surface area (Å²) >= 11 is 6.12. The molecular formula is C15H11ClN4O. The van der Waals surface area contributed by atoms with Gasteiger partial charge in [-0.05, 0) is 25.0 Å². The Balaban J connectivity index is 1.66. The van der Waals surface area contributed by atoms with E-state index >= 15 is 0 Å². The van der Waals surface area contributed by atoms with Crippen LogP contribution in [0, 0.1) is 0 Å². The summed E-state index contributed by atoms with van der Waals surface area (Å²) in [6.45, 7) is 0. The molecule has 1 saturated carbocycles. The van der Waals surface area contributed by atoms with Crippen molar-refractivity contribution >= 4 is 11.6 Å². The normalized spacial score (nSPS) is 14.3. The van der Waals surface area contributed by atoms with Crippen LogP contribution in [0.3, 0.4) is 0 Å². The van der Waals surface area contributed by atoms with Crippen molar-refractivity contribution < 1.29 is 4.42 Å². The van der Waals surface area contributed by atoms with Crippen molar-refractivity contribution in [2.45, 2.75) is 18.8 Å². The molecule has 0 unspecified atom stereocenters. The molecule has 3 aromatic rings. The van der Waals surface area contributed by atoms with Gasteiger partial charge < -0.3 is 4.42 Å². The van der Waals surface area contributed by atoms with E-state index in [1.165, 1.54) is 12.8 Å². The third-order valence-electron chi connectivity index (χ3n) is 3.39. The molecule has 0 N–H and O–H groups in total. The molecule has 1 aliphatic rings.